The van der Waals surface area contributed by atoms with Crippen LogP contribution in [0.1, 0.15) is 32.3 Å². The van der Waals surface area contributed by atoms with Gasteiger partial charge in [0, 0.05) is 36.7 Å². The average molecular weight is 338 g/mol. The first-order valence-electron chi connectivity index (χ1n) is 9.05. The molecule has 3 rings (SSSR count). The van der Waals surface area contributed by atoms with Crippen molar-refractivity contribution in [3.63, 3.8) is 0 Å². The lowest BCUT2D eigenvalue weighted by Crippen LogP contribution is -2.27. The number of nitrogens with one attached hydrogen (secondary N) is 2. The summed E-state index contributed by atoms with van der Waals surface area (Å²) in [4.78, 5) is 10.1. The Morgan fingerprint density at radius 3 is 2.72 bits per heavy atom. The summed E-state index contributed by atoms with van der Waals surface area (Å²) in [6.45, 7) is 7.04. The minimum absolute atomic E-state index is 0.709. The van der Waals surface area contributed by atoms with E-state index in [-0.39, 0.29) is 0 Å². The molecule has 0 amide bonds. The number of aromatic amines is 1. The predicted molar refractivity (Wildman–Crippen MR) is 103 cm³/mol. The molecule has 0 unspecified atom stereocenters. The van der Waals surface area contributed by atoms with Gasteiger partial charge < -0.3 is 15.2 Å². The van der Waals surface area contributed by atoms with Gasteiger partial charge in [-0.05, 0) is 30.9 Å². The lowest BCUT2D eigenvalue weighted by atomic mass is 10.1. The van der Waals surface area contributed by atoms with Crippen molar-refractivity contribution in [3.8, 4) is 0 Å². The largest absolute Gasteiger partial charge is 0.368 e. The smallest absolute Gasteiger partial charge is 0.247 e. The zero-order valence-electron chi connectivity index (χ0n) is 15.0. The number of hydrogen-bond donors (Lipinski definition) is 2. The molecule has 3 aromatic rings. The van der Waals surface area contributed by atoms with Crippen LogP contribution in [0.2, 0.25) is 0 Å². The molecule has 1 aromatic carbocycles. The molecule has 25 heavy (non-hydrogen) atoms. The van der Waals surface area contributed by atoms with Gasteiger partial charge in [-0.15, -0.1) is 5.10 Å². The summed E-state index contributed by atoms with van der Waals surface area (Å²) < 4.78 is 0. The summed E-state index contributed by atoms with van der Waals surface area (Å²) in [5.41, 5.74) is 2.49. The van der Waals surface area contributed by atoms with E-state index in [1.807, 2.05) is 6.07 Å². The maximum Gasteiger partial charge on any atom is 0.247 e. The third-order valence-electron chi connectivity index (χ3n) is 4.19. The summed E-state index contributed by atoms with van der Waals surface area (Å²) in [5, 5.41) is 13.0. The Labute approximate surface area is 148 Å². The first kappa shape index (κ1) is 17.2. The predicted octanol–water partition coefficient (Wildman–Crippen LogP) is 3.63. The van der Waals surface area contributed by atoms with E-state index < -0.39 is 0 Å². The van der Waals surface area contributed by atoms with Crippen molar-refractivity contribution in [2.45, 2.75) is 33.1 Å². The Kier molecular flexibility index (Phi) is 5.82. The highest BCUT2D eigenvalue weighted by Crippen LogP contribution is 2.18. The fourth-order valence-corrected chi connectivity index (χ4v) is 3.03. The van der Waals surface area contributed by atoms with Gasteiger partial charge in [-0.3, -0.25) is 0 Å². The third-order valence-corrected chi connectivity index (χ3v) is 4.19. The minimum atomic E-state index is 0.709. The molecule has 0 bridgehead atoms. The monoisotopic (exact) mass is 338 g/mol. The van der Waals surface area contributed by atoms with Crippen molar-refractivity contribution < 1.29 is 0 Å². The standard InChI is InChI=1S/C19H26N6/c1-3-11-25(12-4-2)19-23-18(14-22-24-19)20-10-9-15-13-21-17-8-6-5-7-16(15)17/h5-8,13-14,21H,3-4,9-12H2,1-2H3,(H,20,23,24). The van der Waals surface area contributed by atoms with Gasteiger partial charge in [0.15, 0.2) is 5.82 Å². The normalized spacial score (nSPS) is 11.0. The molecule has 0 fully saturated rings. The molecule has 0 saturated heterocycles. The fourth-order valence-electron chi connectivity index (χ4n) is 3.03. The van der Waals surface area contributed by atoms with Crippen LogP contribution in [-0.4, -0.2) is 39.8 Å². The Morgan fingerprint density at radius 1 is 1.12 bits per heavy atom. The zero-order chi connectivity index (χ0) is 17.5. The van der Waals surface area contributed by atoms with E-state index in [0.29, 0.717) is 5.95 Å². The van der Waals surface area contributed by atoms with Gasteiger partial charge in [-0.2, -0.15) is 10.1 Å². The molecule has 0 aliphatic rings. The van der Waals surface area contributed by atoms with Crippen LogP contribution in [0.25, 0.3) is 10.9 Å². The Morgan fingerprint density at radius 2 is 1.92 bits per heavy atom. The Bertz CT molecular complexity index is 791. The third kappa shape index (κ3) is 4.26. The maximum atomic E-state index is 4.62. The molecular formula is C19H26N6. The van der Waals surface area contributed by atoms with E-state index in [1.54, 1.807) is 6.20 Å². The van der Waals surface area contributed by atoms with Gasteiger partial charge in [-0.25, -0.2) is 0 Å². The molecule has 2 aromatic heterocycles. The van der Waals surface area contributed by atoms with Crippen LogP contribution in [0.15, 0.2) is 36.7 Å². The summed E-state index contributed by atoms with van der Waals surface area (Å²) >= 11 is 0. The number of hydrogen-bond acceptors (Lipinski definition) is 5. The number of anilines is 2. The van der Waals surface area contributed by atoms with Crippen LogP contribution in [0.3, 0.4) is 0 Å². The summed E-state index contributed by atoms with van der Waals surface area (Å²) in [6, 6.07) is 8.37. The average Bonchev–Trinajstić information content (AvgIpc) is 3.05. The molecule has 0 aliphatic heterocycles. The van der Waals surface area contributed by atoms with E-state index in [1.165, 1.54) is 16.5 Å². The van der Waals surface area contributed by atoms with Crippen molar-refractivity contribution in [2.75, 3.05) is 29.9 Å². The van der Waals surface area contributed by atoms with E-state index in [0.717, 1.165) is 44.7 Å². The topological polar surface area (TPSA) is 69.7 Å². The highest BCUT2D eigenvalue weighted by atomic mass is 15.3. The van der Waals surface area contributed by atoms with Crippen molar-refractivity contribution >= 4 is 22.7 Å². The maximum absolute atomic E-state index is 4.62. The molecule has 0 spiro atoms. The van der Waals surface area contributed by atoms with Crippen molar-refractivity contribution in [1.82, 2.24) is 20.2 Å². The molecule has 2 heterocycles. The SMILES string of the molecule is CCCN(CCC)c1nncc(NCCc2c[nH]c3ccccc23)n1. The minimum Gasteiger partial charge on any atom is -0.368 e. The van der Waals surface area contributed by atoms with Crippen molar-refractivity contribution in [3.05, 3.63) is 42.2 Å². The van der Waals surface area contributed by atoms with Gasteiger partial charge >= 0.3 is 0 Å². The second-order valence-electron chi connectivity index (χ2n) is 6.16. The molecule has 6 nitrogen and oxygen atoms in total. The number of nitrogens with zero attached hydrogens (tertiary/aromatic N) is 4. The van der Waals surface area contributed by atoms with Gasteiger partial charge in [0.2, 0.25) is 5.95 Å². The van der Waals surface area contributed by atoms with E-state index in [9.17, 15) is 0 Å². The molecule has 0 aliphatic carbocycles. The second-order valence-corrected chi connectivity index (χ2v) is 6.16. The van der Waals surface area contributed by atoms with Crippen LogP contribution in [-0.2, 0) is 6.42 Å². The van der Waals surface area contributed by atoms with Gasteiger partial charge in [-0.1, -0.05) is 32.0 Å². The fraction of sp³-hybridized carbons (Fsp3) is 0.421. The number of H-pyrrole nitrogens is 1. The van der Waals surface area contributed by atoms with E-state index in [4.69, 9.17) is 0 Å². The number of rotatable bonds is 9. The van der Waals surface area contributed by atoms with E-state index >= 15 is 0 Å². The van der Waals surface area contributed by atoms with Crippen molar-refractivity contribution in [2.24, 2.45) is 0 Å². The van der Waals surface area contributed by atoms with Crippen LogP contribution < -0.4 is 10.2 Å². The molecule has 0 radical (unpaired) electrons. The lowest BCUT2D eigenvalue weighted by molar-refractivity contribution is 0.710. The lowest BCUT2D eigenvalue weighted by Gasteiger charge is -2.20. The molecule has 0 atom stereocenters. The van der Waals surface area contributed by atoms with Gasteiger partial charge in [0.1, 0.15) is 0 Å². The molecular weight excluding hydrogens is 312 g/mol. The highest BCUT2D eigenvalue weighted by Gasteiger charge is 2.09. The first-order valence-corrected chi connectivity index (χ1v) is 9.05. The molecule has 2 N–H and O–H groups in total. The first-order chi connectivity index (χ1) is 12.3. The van der Waals surface area contributed by atoms with Gasteiger partial charge in [0.25, 0.3) is 0 Å². The van der Waals surface area contributed by atoms with Crippen LogP contribution >= 0.6 is 0 Å². The Hall–Kier alpha value is -2.63. The summed E-state index contributed by atoms with van der Waals surface area (Å²) in [7, 11) is 0. The van der Waals surface area contributed by atoms with Gasteiger partial charge in [0.05, 0.1) is 6.20 Å². The highest BCUT2D eigenvalue weighted by molar-refractivity contribution is 5.83. The van der Waals surface area contributed by atoms with Crippen LogP contribution in [0.4, 0.5) is 11.8 Å². The number of para-hydroxylation sites is 1. The Balaban J connectivity index is 1.62. The summed E-state index contributed by atoms with van der Waals surface area (Å²) in [5.74, 6) is 1.49. The number of benzene rings is 1. The van der Waals surface area contributed by atoms with E-state index in [2.05, 4.69) is 68.6 Å². The molecule has 0 saturated carbocycles. The van der Waals surface area contributed by atoms with Crippen LogP contribution in [0.5, 0.6) is 0 Å². The van der Waals surface area contributed by atoms with Crippen molar-refractivity contribution in [1.29, 1.82) is 0 Å². The zero-order valence-corrected chi connectivity index (χ0v) is 15.0. The number of aromatic nitrogens is 4. The summed E-state index contributed by atoms with van der Waals surface area (Å²) in [6.07, 6.45) is 6.84. The molecule has 6 heteroatoms. The second kappa shape index (κ2) is 8.46. The molecule has 132 valence electrons. The number of fused-ring (bicyclic) bond motifs is 1. The quantitative estimate of drug-likeness (QED) is 0.623. The van der Waals surface area contributed by atoms with Crippen LogP contribution in [0, 0.1) is 0 Å².